The van der Waals surface area contributed by atoms with Crippen molar-refractivity contribution in [2.45, 2.75) is 26.8 Å². The van der Waals surface area contributed by atoms with Gasteiger partial charge in [0.1, 0.15) is 0 Å². The molecule has 0 amide bonds. The van der Waals surface area contributed by atoms with Crippen LogP contribution in [0.2, 0.25) is 0 Å². The third-order valence-corrected chi connectivity index (χ3v) is 2.24. The highest BCUT2D eigenvalue weighted by Gasteiger charge is 2.16. The first-order chi connectivity index (χ1) is 6.06. The summed E-state index contributed by atoms with van der Waals surface area (Å²) in [4.78, 5) is 14.8. The summed E-state index contributed by atoms with van der Waals surface area (Å²) in [5.41, 5.74) is 2.77. The van der Waals surface area contributed by atoms with Gasteiger partial charge in [-0.15, -0.1) is 0 Å². The zero-order chi connectivity index (χ0) is 10.0. The Bertz CT molecular complexity index is 315. The minimum absolute atomic E-state index is 0.117. The summed E-state index contributed by atoms with van der Waals surface area (Å²) in [6.45, 7) is 5.74. The number of aromatic amines is 1. The lowest BCUT2D eigenvalue weighted by Gasteiger charge is -2.07. The minimum atomic E-state index is -0.117. The fourth-order valence-electron chi connectivity index (χ4n) is 1.34. The van der Waals surface area contributed by atoms with Crippen LogP contribution < -0.4 is 5.32 Å². The third kappa shape index (κ3) is 1.98. The summed E-state index contributed by atoms with van der Waals surface area (Å²) in [5, 5.41) is 2.94. The Hall–Kier alpha value is -1.09. The van der Waals surface area contributed by atoms with E-state index in [0.717, 1.165) is 17.0 Å². The number of rotatable bonds is 3. The molecule has 0 bridgehead atoms. The van der Waals surface area contributed by atoms with Crippen LogP contribution in [0, 0.1) is 13.8 Å². The molecule has 0 aliphatic heterocycles. The predicted octanol–water partition coefficient (Wildman–Crippen LogP) is 1.42. The summed E-state index contributed by atoms with van der Waals surface area (Å²) in [5.74, 6) is 0.143. The van der Waals surface area contributed by atoms with Crippen LogP contribution in [0.15, 0.2) is 6.07 Å². The van der Waals surface area contributed by atoms with E-state index in [4.69, 9.17) is 0 Å². The average Bonchev–Trinajstić information content (AvgIpc) is 2.42. The number of likely N-dealkylation sites (N-methyl/N-ethyl adjacent to an activating group) is 1. The van der Waals surface area contributed by atoms with Crippen molar-refractivity contribution in [1.82, 2.24) is 10.3 Å². The first-order valence-corrected chi connectivity index (χ1v) is 4.44. The molecule has 1 atom stereocenters. The molecule has 1 heterocycles. The molecule has 3 heteroatoms. The van der Waals surface area contributed by atoms with Gasteiger partial charge in [-0.1, -0.05) is 0 Å². The van der Waals surface area contributed by atoms with Crippen molar-refractivity contribution < 1.29 is 4.79 Å². The number of carbonyl (C=O) groups excluding carboxylic acids is 1. The SMILES string of the molecule is CNC(C)C(=O)c1cc(C)[nH]c1C. The second kappa shape index (κ2) is 3.75. The second-order valence-corrected chi connectivity index (χ2v) is 3.37. The summed E-state index contributed by atoms with van der Waals surface area (Å²) in [6, 6.07) is 1.78. The Kier molecular flexibility index (Phi) is 2.88. The molecule has 2 N–H and O–H groups in total. The number of hydrogen-bond donors (Lipinski definition) is 2. The van der Waals surface area contributed by atoms with E-state index in [1.165, 1.54) is 0 Å². The van der Waals surface area contributed by atoms with Crippen LogP contribution in [0.3, 0.4) is 0 Å². The molecule has 1 aromatic rings. The fourth-order valence-corrected chi connectivity index (χ4v) is 1.34. The Balaban J connectivity index is 2.94. The van der Waals surface area contributed by atoms with E-state index in [0.29, 0.717) is 0 Å². The largest absolute Gasteiger partial charge is 0.362 e. The van der Waals surface area contributed by atoms with Gasteiger partial charge in [0.15, 0.2) is 5.78 Å². The predicted molar refractivity (Wildman–Crippen MR) is 53.1 cm³/mol. The molecule has 1 rings (SSSR count). The highest BCUT2D eigenvalue weighted by atomic mass is 16.1. The maximum atomic E-state index is 11.7. The number of H-pyrrole nitrogens is 1. The van der Waals surface area contributed by atoms with Crippen molar-refractivity contribution in [1.29, 1.82) is 0 Å². The molecule has 13 heavy (non-hydrogen) atoms. The standard InChI is InChI=1S/C10H16N2O/c1-6-5-9(7(2)12-6)10(13)8(3)11-4/h5,8,11-12H,1-4H3. The lowest BCUT2D eigenvalue weighted by Crippen LogP contribution is -2.30. The van der Waals surface area contributed by atoms with Crippen molar-refractivity contribution in [2.75, 3.05) is 7.05 Å². The molecule has 0 spiro atoms. The zero-order valence-electron chi connectivity index (χ0n) is 8.56. The molecule has 0 aliphatic rings. The van der Waals surface area contributed by atoms with Crippen LogP contribution in [0.25, 0.3) is 0 Å². The van der Waals surface area contributed by atoms with Gasteiger partial charge >= 0.3 is 0 Å². The topological polar surface area (TPSA) is 44.9 Å². The van der Waals surface area contributed by atoms with Crippen LogP contribution >= 0.6 is 0 Å². The molecule has 0 aliphatic carbocycles. The van der Waals surface area contributed by atoms with Gasteiger partial charge < -0.3 is 10.3 Å². The first-order valence-electron chi connectivity index (χ1n) is 4.44. The molecular weight excluding hydrogens is 164 g/mol. The van der Waals surface area contributed by atoms with Crippen molar-refractivity contribution in [3.8, 4) is 0 Å². The maximum Gasteiger partial charge on any atom is 0.181 e. The van der Waals surface area contributed by atoms with Gasteiger partial charge in [0.2, 0.25) is 0 Å². The smallest absolute Gasteiger partial charge is 0.181 e. The van der Waals surface area contributed by atoms with E-state index in [1.807, 2.05) is 26.8 Å². The first kappa shape index (κ1) is 9.99. The summed E-state index contributed by atoms with van der Waals surface area (Å²) >= 11 is 0. The Morgan fingerprint density at radius 1 is 1.54 bits per heavy atom. The quantitative estimate of drug-likeness (QED) is 0.691. The monoisotopic (exact) mass is 180 g/mol. The van der Waals surface area contributed by atoms with Gasteiger partial charge in [0.25, 0.3) is 0 Å². The molecule has 3 nitrogen and oxygen atoms in total. The molecular formula is C10H16N2O. The molecule has 1 aromatic heterocycles. The fraction of sp³-hybridized carbons (Fsp3) is 0.500. The summed E-state index contributed by atoms with van der Waals surface area (Å²) in [7, 11) is 1.79. The van der Waals surface area contributed by atoms with E-state index in [1.54, 1.807) is 7.05 Å². The molecule has 1 unspecified atom stereocenters. The Morgan fingerprint density at radius 2 is 2.15 bits per heavy atom. The van der Waals surface area contributed by atoms with Gasteiger partial charge in [-0.25, -0.2) is 0 Å². The van der Waals surface area contributed by atoms with Crippen LogP contribution in [-0.4, -0.2) is 23.9 Å². The lowest BCUT2D eigenvalue weighted by atomic mass is 10.1. The van der Waals surface area contributed by atoms with E-state index in [2.05, 4.69) is 10.3 Å². The number of carbonyl (C=O) groups is 1. The summed E-state index contributed by atoms with van der Waals surface area (Å²) < 4.78 is 0. The van der Waals surface area contributed by atoms with E-state index < -0.39 is 0 Å². The highest BCUT2D eigenvalue weighted by Crippen LogP contribution is 2.11. The molecule has 0 fully saturated rings. The Morgan fingerprint density at radius 3 is 2.54 bits per heavy atom. The van der Waals surface area contributed by atoms with Crippen molar-refractivity contribution >= 4 is 5.78 Å². The molecule has 72 valence electrons. The van der Waals surface area contributed by atoms with E-state index in [-0.39, 0.29) is 11.8 Å². The number of aryl methyl sites for hydroxylation is 2. The van der Waals surface area contributed by atoms with Crippen molar-refractivity contribution in [2.24, 2.45) is 0 Å². The molecule has 0 saturated carbocycles. The molecule has 0 radical (unpaired) electrons. The summed E-state index contributed by atoms with van der Waals surface area (Å²) in [6.07, 6.45) is 0. The van der Waals surface area contributed by atoms with Crippen molar-refractivity contribution in [3.05, 3.63) is 23.0 Å². The Labute approximate surface area is 78.5 Å². The van der Waals surface area contributed by atoms with Crippen LogP contribution in [-0.2, 0) is 0 Å². The lowest BCUT2D eigenvalue weighted by molar-refractivity contribution is 0.0954. The van der Waals surface area contributed by atoms with E-state index >= 15 is 0 Å². The highest BCUT2D eigenvalue weighted by molar-refractivity contribution is 6.01. The number of aromatic nitrogens is 1. The normalized spacial score (nSPS) is 12.9. The van der Waals surface area contributed by atoms with Gasteiger partial charge in [-0.3, -0.25) is 4.79 Å². The van der Waals surface area contributed by atoms with Gasteiger partial charge in [0.05, 0.1) is 6.04 Å². The average molecular weight is 180 g/mol. The van der Waals surface area contributed by atoms with E-state index in [9.17, 15) is 4.79 Å². The van der Waals surface area contributed by atoms with Gasteiger partial charge in [-0.05, 0) is 33.9 Å². The molecule has 0 aromatic carbocycles. The maximum absolute atomic E-state index is 11.7. The molecule has 0 saturated heterocycles. The number of Topliss-reactive ketones (excluding diaryl/α,β-unsaturated/α-hetero) is 1. The second-order valence-electron chi connectivity index (χ2n) is 3.37. The van der Waals surface area contributed by atoms with Crippen molar-refractivity contribution in [3.63, 3.8) is 0 Å². The van der Waals surface area contributed by atoms with Gasteiger partial charge in [-0.2, -0.15) is 0 Å². The van der Waals surface area contributed by atoms with Crippen LogP contribution in [0.4, 0.5) is 0 Å². The third-order valence-electron chi connectivity index (χ3n) is 2.24. The minimum Gasteiger partial charge on any atom is -0.362 e. The number of hydrogen-bond acceptors (Lipinski definition) is 2. The zero-order valence-corrected chi connectivity index (χ0v) is 8.56. The van der Waals surface area contributed by atoms with Gasteiger partial charge in [0, 0.05) is 17.0 Å². The van der Waals surface area contributed by atoms with Crippen LogP contribution in [0.5, 0.6) is 0 Å². The van der Waals surface area contributed by atoms with Crippen LogP contribution in [0.1, 0.15) is 28.7 Å². The number of nitrogens with one attached hydrogen (secondary N) is 2. The number of ketones is 1.